The third kappa shape index (κ3) is 1.71. The van der Waals surface area contributed by atoms with Gasteiger partial charge in [0.05, 0.1) is 6.61 Å². The molecule has 13 heavy (non-hydrogen) atoms. The average molecular weight is 181 g/mol. The van der Waals surface area contributed by atoms with Crippen LogP contribution in [-0.2, 0) is 0 Å². The lowest BCUT2D eigenvalue weighted by molar-refractivity contribution is 0.304. The highest BCUT2D eigenvalue weighted by atomic mass is 16.3. The van der Waals surface area contributed by atoms with E-state index in [0.29, 0.717) is 17.9 Å². The van der Waals surface area contributed by atoms with Crippen molar-refractivity contribution in [2.24, 2.45) is 0 Å². The van der Waals surface area contributed by atoms with Gasteiger partial charge in [-0.1, -0.05) is 0 Å². The average Bonchev–Trinajstić information content (AvgIpc) is 2.47. The fourth-order valence-electron chi connectivity index (χ4n) is 0.988. The lowest BCUT2D eigenvalue weighted by Crippen LogP contribution is -2.22. The largest absolute Gasteiger partial charge is 0.395 e. The number of hydrogen-bond acceptors (Lipinski definition) is 5. The summed E-state index contributed by atoms with van der Waals surface area (Å²) in [4.78, 5) is 1.66. The molecule has 0 aliphatic rings. The van der Waals surface area contributed by atoms with Gasteiger partial charge < -0.3 is 15.7 Å². The first-order valence-electron chi connectivity index (χ1n) is 3.76. The van der Waals surface area contributed by atoms with Crippen LogP contribution < -0.4 is 10.6 Å². The summed E-state index contributed by atoms with van der Waals surface area (Å²) >= 11 is 0. The van der Waals surface area contributed by atoms with E-state index in [4.69, 9.17) is 16.1 Å². The van der Waals surface area contributed by atoms with E-state index in [2.05, 4.69) is 10.2 Å². The van der Waals surface area contributed by atoms with Crippen LogP contribution in [0.15, 0.2) is 0 Å². The lowest BCUT2D eigenvalue weighted by Gasteiger charge is -2.13. The van der Waals surface area contributed by atoms with Crippen molar-refractivity contribution in [3.8, 4) is 6.07 Å². The van der Waals surface area contributed by atoms with E-state index in [1.54, 1.807) is 11.9 Å². The van der Waals surface area contributed by atoms with Gasteiger partial charge in [0.25, 0.3) is 0 Å². The van der Waals surface area contributed by atoms with Gasteiger partial charge in [0.15, 0.2) is 5.82 Å². The summed E-state index contributed by atoms with van der Waals surface area (Å²) in [6, 6.07) is 1.94. The number of nitrogen functional groups attached to an aromatic ring is 1. The van der Waals surface area contributed by atoms with E-state index >= 15 is 0 Å². The summed E-state index contributed by atoms with van der Waals surface area (Å²) in [6.45, 7) is 0.424. The van der Waals surface area contributed by atoms with Crippen LogP contribution in [-0.4, -0.2) is 35.5 Å². The zero-order valence-electron chi connectivity index (χ0n) is 7.28. The molecule has 0 aliphatic heterocycles. The molecular formula is C7H11N5O. The van der Waals surface area contributed by atoms with Crippen LogP contribution >= 0.6 is 0 Å². The Kier molecular flexibility index (Phi) is 2.72. The highest BCUT2D eigenvalue weighted by molar-refractivity contribution is 5.63. The number of aliphatic hydroxyl groups is 1. The molecule has 0 bridgehead atoms. The van der Waals surface area contributed by atoms with Crippen molar-refractivity contribution >= 4 is 11.6 Å². The number of anilines is 2. The summed E-state index contributed by atoms with van der Waals surface area (Å²) in [6.07, 6.45) is 0. The van der Waals surface area contributed by atoms with Crippen LogP contribution in [0.1, 0.15) is 5.56 Å². The highest BCUT2D eigenvalue weighted by Crippen LogP contribution is 2.19. The molecule has 1 rings (SSSR count). The maximum absolute atomic E-state index is 8.73. The van der Waals surface area contributed by atoms with Gasteiger partial charge in [-0.2, -0.15) is 10.4 Å². The van der Waals surface area contributed by atoms with Gasteiger partial charge in [0.1, 0.15) is 17.5 Å². The van der Waals surface area contributed by atoms with Gasteiger partial charge in [-0.15, -0.1) is 0 Å². The highest BCUT2D eigenvalue weighted by Gasteiger charge is 2.13. The molecule has 0 fully saturated rings. The second-order valence-corrected chi connectivity index (χ2v) is 2.59. The third-order valence-electron chi connectivity index (χ3n) is 1.68. The van der Waals surface area contributed by atoms with Crippen LogP contribution in [0, 0.1) is 11.3 Å². The molecule has 1 heterocycles. The van der Waals surface area contributed by atoms with E-state index in [1.165, 1.54) is 0 Å². The molecule has 0 atom stereocenters. The van der Waals surface area contributed by atoms with Crippen molar-refractivity contribution in [1.82, 2.24) is 10.2 Å². The summed E-state index contributed by atoms with van der Waals surface area (Å²) in [5.41, 5.74) is 5.77. The number of rotatable bonds is 3. The number of likely N-dealkylation sites (N-methyl/N-ethyl adjacent to an activating group) is 1. The molecule has 0 saturated carbocycles. The zero-order chi connectivity index (χ0) is 9.84. The molecule has 4 N–H and O–H groups in total. The van der Waals surface area contributed by atoms with Crippen molar-refractivity contribution in [2.45, 2.75) is 0 Å². The molecular weight excluding hydrogens is 170 g/mol. The first-order valence-corrected chi connectivity index (χ1v) is 3.76. The molecule has 1 aromatic heterocycles. The standard InChI is InChI=1S/C7H11N5O/c1-12(2-3-13)7-5(4-8)6(9)10-11-7/h13H,2-3H2,1H3,(H3,9,10,11). The molecule has 1 aromatic rings. The van der Waals surface area contributed by atoms with Crippen molar-refractivity contribution in [3.05, 3.63) is 5.56 Å². The maximum Gasteiger partial charge on any atom is 0.170 e. The Morgan fingerprint density at radius 1 is 1.77 bits per heavy atom. The molecule has 0 aromatic carbocycles. The zero-order valence-corrected chi connectivity index (χ0v) is 7.28. The number of aromatic nitrogens is 2. The summed E-state index contributed by atoms with van der Waals surface area (Å²) in [7, 11) is 1.73. The van der Waals surface area contributed by atoms with Crippen molar-refractivity contribution in [3.63, 3.8) is 0 Å². The fraction of sp³-hybridized carbons (Fsp3) is 0.429. The Morgan fingerprint density at radius 2 is 2.46 bits per heavy atom. The lowest BCUT2D eigenvalue weighted by atomic mass is 10.3. The number of aromatic amines is 1. The van der Waals surface area contributed by atoms with Gasteiger partial charge in [-0.05, 0) is 0 Å². The molecule has 70 valence electrons. The van der Waals surface area contributed by atoms with E-state index < -0.39 is 0 Å². The molecule has 0 saturated heterocycles. The van der Waals surface area contributed by atoms with Gasteiger partial charge >= 0.3 is 0 Å². The fourth-order valence-corrected chi connectivity index (χ4v) is 0.988. The normalized spacial score (nSPS) is 9.62. The van der Waals surface area contributed by atoms with E-state index in [9.17, 15) is 0 Å². The minimum absolute atomic E-state index is 0.00807. The Labute approximate surface area is 75.6 Å². The maximum atomic E-state index is 8.73. The van der Waals surface area contributed by atoms with E-state index in [1.807, 2.05) is 6.07 Å². The monoisotopic (exact) mass is 181 g/mol. The molecule has 6 heteroatoms. The van der Waals surface area contributed by atoms with Crippen LogP contribution in [0.25, 0.3) is 0 Å². The van der Waals surface area contributed by atoms with Crippen molar-refractivity contribution < 1.29 is 5.11 Å². The van der Waals surface area contributed by atoms with Gasteiger partial charge in [-0.25, -0.2) is 0 Å². The molecule has 6 nitrogen and oxygen atoms in total. The number of hydrogen-bond donors (Lipinski definition) is 3. The van der Waals surface area contributed by atoms with Gasteiger partial charge in [0.2, 0.25) is 0 Å². The Hall–Kier alpha value is -1.74. The third-order valence-corrected chi connectivity index (χ3v) is 1.68. The topological polar surface area (TPSA) is 102 Å². The van der Waals surface area contributed by atoms with Gasteiger partial charge in [0, 0.05) is 13.6 Å². The Morgan fingerprint density at radius 3 is 3.00 bits per heavy atom. The number of nitrogens with zero attached hydrogens (tertiary/aromatic N) is 3. The minimum atomic E-state index is 0.00807. The molecule has 0 spiro atoms. The second kappa shape index (κ2) is 3.78. The first-order chi connectivity index (χ1) is 6.20. The van der Waals surface area contributed by atoms with Crippen LogP contribution in [0.3, 0.4) is 0 Å². The Balaban J connectivity index is 2.95. The summed E-state index contributed by atoms with van der Waals surface area (Å²) in [5, 5.41) is 23.8. The number of nitrogens with one attached hydrogen (secondary N) is 1. The predicted molar refractivity (Wildman–Crippen MR) is 48.1 cm³/mol. The summed E-state index contributed by atoms with van der Waals surface area (Å²) in [5.74, 6) is 0.719. The minimum Gasteiger partial charge on any atom is -0.395 e. The van der Waals surface area contributed by atoms with Crippen LogP contribution in [0.2, 0.25) is 0 Å². The summed E-state index contributed by atoms with van der Waals surface area (Å²) < 4.78 is 0. The number of nitriles is 1. The van der Waals surface area contributed by atoms with E-state index in [0.717, 1.165) is 0 Å². The molecule has 0 unspecified atom stereocenters. The molecule has 0 aliphatic carbocycles. The van der Waals surface area contributed by atoms with Crippen molar-refractivity contribution in [2.75, 3.05) is 30.8 Å². The van der Waals surface area contributed by atoms with Crippen LogP contribution in [0.5, 0.6) is 0 Å². The molecule has 0 amide bonds. The van der Waals surface area contributed by atoms with Crippen molar-refractivity contribution in [1.29, 1.82) is 5.26 Å². The first kappa shape index (κ1) is 9.35. The predicted octanol–water partition coefficient (Wildman–Crippen LogP) is -0.708. The number of nitrogens with two attached hydrogens (primary N) is 1. The number of aliphatic hydroxyl groups excluding tert-OH is 1. The SMILES string of the molecule is CN(CCO)c1n[nH]c(N)c1C#N. The quantitative estimate of drug-likeness (QED) is 0.571. The number of H-pyrrole nitrogens is 1. The Bertz CT molecular complexity index is 326. The smallest absolute Gasteiger partial charge is 0.170 e. The second-order valence-electron chi connectivity index (χ2n) is 2.59. The van der Waals surface area contributed by atoms with Gasteiger partial charge in [-0.3, -0.25) is 5.10 Å². The van der Waals surface area contributed by atoms with Crippen LogP contribution in [0.4, 0.5) is 11.6 Å². The van der Waals surface area contributed by atoms with E-state index in [-0.39, 0.29) is 12.4 Å². The molecule has 0 radical (unpaired) electrons.